The molecular formula is C23H24ClN5O5S. The number of hydrogen-bond donors (Lipinski definition) is 2. The van der Waals surface area contributed by atoms with Gasteiger partial charge in [0.2, 0.25) is 0 Å². The van der Waals surface area contributed by atoms with E-state index < -0.39 is 22.2 Å². The van der Waals surface area contributed by atoms with Crippen molar-refractivity contribution in [2.75, 3.05) is 38.3 Å². The molecule has 3 aromatic rings. The van der Waals surface area contributed by atoms with Gasteiger partial charge in [0, 0.05) is 48.0 Å². The second-order valence-electron chi connectivity index (χ2n) is 8.31. The van der Waals surface area contributed by atoms with Gasteiger partial charge in [0.25, 0.3) is 15.9 Å². The third kappa shape index (κ3) is 5.57. The van der Waals surface area contributed by atoms with E-state index in [9.17, 15) is 18.0 Å². The Morgan fingerprint density at radius 3 is 2.57 bits per heavy atom. The molecule has 0 saturated carbocycles. The molecule has 4 rings (SSSR count). The normalized spacial score (nSPS) is 16.5. The van der Waals surface area contributed by atoms with Crippen molar-refractivity contribution in [3.8, 4) is 0 Å². The van der Waals surface area contributed by atoms with Gasteiger partial charge in [0.15, 0.2) is 0 Å². The Morgan fingerprint density at radius 2 is 1.91 bits per heavy atom. The molecule has 2 amide bonds. The number of H-pyrrole nitrogens is 1. The van der Waals surface area contributed by atoms with Crippen LogP contribution in [0.25, 0.3) is 10.9 Å². The number of cyclic esters (lactones) is 1. The molecule has 1 saturated heterocycles. The molecule has 0 aliphatic carbocycles. The number of aromatic amines is 1. The zero-order chi connectivity index (χ0) is 25.3. The van der Waals surface area contributed by atoms with Gasteiger partial charge in [-0.05, 0) is 42.5 Å². The van der Waals surface area contributed by atoms with Crippen molar-refractivity contribution in [1.82, 2.24) is 15.2 Å². The first kappa shape index (κ1) is 24.6. The highest BCUT2D eigenvalue weighted by Gasteiger charge is 2.32. The number of amidine groups is 1. The van der Waals surface area contributed by atoms with Crippen molar-refractivity contribution in [2.45, 2.75) is 6.10 Å². The predicted octanol–water partition coefficient (Wildman–Crippen LogP) is 2.84. The molecule has 1 aliphatic rings. The average molecular weight is 518 g/mol. The van der Waals surface area contributed by atoms with E-state index in [0.717, 1.165) is 17.2 Å². The van der Waals surface area contributed by atoms with Crippen LogP contribution in [0.3, 0.4) is 0 Å². The maximum atomic E-state index is 12.6. The molecule has 0 bridgehead atoms. The Balaban J connectivity index is 1.40. The quantitative estimate of drug-likeness (QED) is 0.383. The lowest BCUT2D eigenvalue weighted by Gasteiger charge is -2.17. The number of benzene rings is 2. The molecule has 2 aromatic carbocycles. The SMILES string of the molecule is CN(C)/C(=N\S(C)(=O)=O)c1ccc(N2CC(CNC(=O)c3ccc4[nH]cc(Cl)c4c3)OC2=O)cc1. The Hall–Kier alpha value is -3.57. The van der Waals surface area contributed by atoms with Crippen LogP contribution in [0.1, 0.15) is 15.9 Å². The topological polar surface area (TPSA) is 124 Å². The lowest BCUT2D eigenvalue weighted by molar-refractivity contribution is 0.0916. The van der Waals surface area contributed by atoms with E-state index in [1.807, 2.05) is 0 Å². The number of sulfonamides is 1. The fraction of sp³-hybridized carbons (Fsp3) is 0.261. The summed E-state index contributed by atoms with van der Waals surface area (Å²) < 4.78 is 32.4. The van der Waals surface area contributed by atoms with Crippen LogP contribution in [0, 0.1) is 0 Å². The van der Waals surface area contributed by atoms with Crippen molar-refractivity contribution in [3.63, 3.8) is 0 Å². The van der Waals surface area contributed by atoms with Gasteiger partial charge in [0.1, 0.15) is 11.9 Å². The minimum absolute atomic E-state index is 0.143. The van der Waals surface area contributed by atoms with Crippen LogP contribution in [-0.4, -0.2) is 75.7 Å². The molecule has 2 heterocycles. The number of anilines is 1. The van der Waals surface area contributed by atoms with Crippen LogP contribution in [0.2, 0.25) is 5.02 Å². The van der Waals surface area contributed by atoms with Crippen molar-refractivity contribution >= 4 is 56.1 Å². The number of carbonyl (C=O) groups is 2. The van der Waals surface area contributed by atoms with Gasteiger partial charge in [-0.2, -0.15) is 0 Å². The highest BCUT2D eigenvalue weighted by Crippen LogP contribution is 2.25. The first-order chi connectivity index (χ1) is 16.5. The van der Waals surface area contributed by atoms with E-state index in [4.69, 9.17) is 16.3 Å². The fourth-order valence-corrected chi connectivity index (χ4v) is 4.51. The standard InChI is InChI=1S/C23H24ClN5O5S/c1-28(2)21(27-35(3,32)33)14-4-7-16(8-5-14)29-13-17(34-23(29)31)11-26-22(30)15-6-9-20-18(10-15)19(24)12-25-20/h4-10,12,17,25H,11,13H2,1-3H3,(H,26,30)/b27-21-. The lowest BCUT2D eigenvalue weighted by atomic mass is 10.1. The summed E-state index contributed by atoms with van der Waals surface area (Å²) in [4.78, 5) is 31.1. The zero-order valence-corrected chi connectivity index (χ0v) is 20.9. The third-order valence-electron chi connectivity index (χ3n) is 5.37. The first-order valence-electron chi connectivity index (χ1n) is 10.6. The number of aromatic nitrogens is 1. The molecule has 1 fully saturated rings. The number of nitrogens with zero attached hydrogens (tertiary/aromatic N) is 3. The second kappa shape index (κ2) is 9.59. The van der Waals surface area contributed by atoms with Crippen LogP contribution in [0.5, 0.6) is 0 Å². The molecule has 10 nitrogen and oxygen atoms in total. The van der Waals surface area contributed by atoms with Crippen molar-refractivity contribution < 1.29 is 22.7 Å². The largest absolute Gasteiger partial charge is 0.442 e. The smallest absolute Gasteiger partial charge is 0.414 e. The fourth-order valence-electron chi connectivity index (χ4n) is 3.72. The van der Waals surface area contributed by atoms with Crippen LogP contribution < -0.4 is 10.2 Å². The minimum atomic E-state index is -3.58. The monoisotopic (exact) mass is 517 g/mol. The zero-order valence-electron chi connectivity index (χ0n) is 19.3. The van der Waals surface area contributed by atoms with Crippen LogP contribution in [0.4, 0.5) is 10.5 Å². The Labute approximate surface area is 207 Å². The summed E-state index contributed by atoms with van der Waals surface area (Å²) in [6.45, 7) is 0.392. The van der Waals surface area contributed by atoms with Gasteiger partial charge in [-0.1, -0.05) is 11.6 Å². The van der Waals surface area contributed by atoms with E-state index in [1.165, 1.54) is 4.90 Å². The molecule has 1 aliphatic heterocycles. The summed E-state index contributed by atoms with van der Waals surface area (Å²) in [5, 5.41) is 4.07. The van der Waals surface area contributed by atoms with Crippen LogP contribution in [-0.2, 0) is 14.8 Å². The summed E-state index contributed by atoms with van der Waals surface area (Å²) >= 11 is 6.13. The van der Waals surface area contributed by atoms with E-state index in [2.05, 4.69) is 14.7 Å². The molecule has 184 valence electrons. The Morgan fingerprint density at radius 1 is 1.23 bits per heavy atom. The maximum Gasteiger partial charge on any atom is 0.414 e. The molecule has 1 atom stereocenters. The van der Waals surface area contributed by atoms with E-state index in [-0.39, 0.29) is 24.8 Å². The van der Waals surface area contributed by atoms with Gasteiger partial charge < -0.3 is 19.9 Å². The molecular weight excluding hydrogens is 494 g/mol. The average Bonchev–Trinajstić information content (AvgIpc) is 3.37. The molecule has 0 radical (unpaired) electrons. The number of carbonyl (C=O) groups excluding carboxylic acids is 2. The van der Waals surface area contributed by atoms with Gasteiger partial charge in [-0.25, -0.2) is 13.2 Å². The maximum absolute atomic E-state index is 12.6. The summed E-state index contributed by atoms with van der Waals surface area (Å²) in [5.41, 5.74) is 2.44. The highest BCUT2D eigenvalue weighted by atomic mass is 35.5. The second-order valence-corrected chi connectivity index (χ2v) is 10.4. The number of nitrogens with one attached hydrogen (secondary N) is 2. The predicted molar refractivity (Wildman–Crippen MR) is 135 cm³/mol. The molecule has 1 unspecified atom stereocenters. The number of ether oxygens (including phenoxy) is 1. The number of fused-ring (bicyclic) bond motifs is 1. The van der Waals surface area contributed by atoms with E-state index in [0.29, 0.717) is 21.8 Å². The van der Waals surface area contributed by atoms with Crippen molar-refractivity contribution in [1.29, 1.82) is 0 Å². The van der Waals surface area contributed by atoms with E-state index in [1.54, 1.807) is 67.7 Å². The summed E-state index contributed by atoms with van der Waals surface area (Å²) in [5.74, 6) is -0.0212. The van der Waals surface area contributed by atoms with E-state index >= 15 is 0 Å². The highest BCUT2D eigenvalue weighted by molar-refractivity contribution is 7.89. The van der Waals surface area contributed by atoms with Crippen LogP contribution in [0.15, 0.2) is 53.1 Å². The molecule has 12 heteroatoms. The molecule has 35 heavy (non-hydrogen) atoms. The molecule has 0 spiro atoms. The summed E-state index contributed by atoms with van der Waals surface area (Å²) in [7, 11) is -0.195. The number of hydrogen-bond acceptors (Lipinski definition) is 5. The van der Waals surface area contributed by atoms with Gasteiger partial charge in [-0.15, -0.1) is 4.40 Å². The van der Waals surface area contributed by atoms with Gasteiger partial charge in [-0.3, -0.25) is 9.69 Å². The Kier molecular flexibility index (Phi) is 6.73. The third-order valence-corrected chi connectivity index (χ3v) is 6.19. The van der Waals surface area contributed by atoms with Crippen LogP contribution >= 0.6 is 11.6 Å². The van der Waals surface area contributed by atoms with Crippen molar-refractivity contribution in [2.24, 2.45) is 4.40 Å². The lowest BCUT2D eigenvalue weighted by Crippen LogP contribution is -2.34. The minimum Gasteiger partial charge on any atom is -0.442 e. The first-order valence-corrected chi connectivity index (χ1v) is 12.8. The van der Waals surface area contributed by atoms with Gasteiger partial charge in [0.05, 0.1) is 24.4 Å². The summed E-state index contributed by atoms with van der Waals surface area (Å²) in [6.07, 6.45) is 1.62. The number of amides is 2. The molecule has 1 aromatic heterocycles. The summed E-state index contributed by atoms with van der Waals surface area (Å²) in [6, 6.07) is 11.9. The number of rotatable bonds is 6. The van der Waals surface area contributed by atoms with Gasteiger partial charge >= 0.3 is 6.09 Å². The molecule has 2 N–H and O–H groups in total. The Bertz CT molecular complexity index is 1420. The van der Waals surface area contributed by atoms with Crippen molar-refractivity contribution in [3.05, 3.63) is 64.8 Å². The number of halogens is 1.